The number of hydrogen-bond acceptors (Lipinski definition) is 2. The van der Waals surface area contributed by atoms with Gasteiger partial charge >= 0.3 is 0 Å². The van der Waals surface area contributed by atoms with Gasteiger partial charge in [-0.3, -0.25) is 0 Å². The van der Waals surface area contributed by atoms with E-state index in [4.69, 9.17) is 11.6 Å². The predicted molar refractivity (Wildman–Crippen MR) is 74.3 cm³/mol. The van der Waals surface area contributed by atoms with E-state index in [1.807, 2.05) is 11.4 Å². The van der Waals surface area contributed by atoms with E-state index in [1.54, 1.807) is 11.3 Å². The van der Waals surface area contributed by atoms with Gasteiger partial charge in [0.15, 0.2) is 0 Å². The van der Waals surface area contributed by atoms with Crippen LogP contribution in [0.5, 0.6) is 0 Å². The van der Waals surface area contributed by atoms with Gasteiger partial charge in [-0.15, -0.1) is 11.3 Å². The van der Waals surface area contributed by atoms with Gasteiger partial charge in [0.05, 0.1) is 5.02 Å². The molecule has 1 rings (SSSR count). The molecule has 0 aliphatic carbocycles. The zero-order valence-corrected chi connectivity index (χ0v) is 12.0. The predicted octanol–water partition coefficient (Wildman–Crippen LogP) is 4.71. The maximum atomic E-state index is 5.88. The highest BCUT2D eigenvalue weighted by molar-refractivity contribution is 7.10. The molecule has 1 N–H and O–H groups in total. The van der Waals surface area contributed by atoms with Crippen LogP contribution in [0.15, 0.2) is 11.4 Å². The van der Waals surface area contributed by atoms with Gasteiger partial charge in [0.25, 0.3) is 0 Å². The summed E-state index contributed by atoms with van der Waals surface area (Å²) in [6.07, 6.45) is 3.91. The van der Waals surface area contributed by atoms with Gasteiger partial charge in [0.2, 0.25) is 0 Å². The number of rotatable bonds is 7. The molecule has 1 nitrogen and oxygen atoms in total. The molecule has 92 valence electrons. The van der Waals surface area contributed by atoms with Crippen LogP contribution >= 0.6 is 22.9 Å². The second-order valence-electron chi connectivity index (χ2n) is 4.84. The van der Waals surface area contributed by atoms with Crippen molar-refractivity contribution in [3.8, 4) is 0 Å². The summed E-state index contributed by atoms with van der Waals surface area (Å²) >= 11 is 7.60. The highest BCUT2D eigenvalue weighted by Gasteiger charge is 2.03. The quantitative estimate of drug-likeness (QED) is 0.748. The average Bonchev–Trinajstić information content (AvgIpc) is 2.61. The van der Waals surface area contributed by atoms with Crippen molar-refractivity contribution in [3.05, 3.63) is 21.3 Å². The van der Waals surface area contributed by atoms with E-state index in [1.165, 1.54) is 24.1 Å². The van der Waals surface area contributed by atoms with Crippen LogP contribution in [0.25, 0.3) is 0 Å². The Morgan fingerprint density at radius 1 is 1.31 bits per heavy atom. The van der Waals surface area contributed by atoms with Gasteiger partial charge in [0.1, 0.15) is 0 Å². The molecule has 0 aliphatic rings. The van der Waals surface area contributed by atoms with Crippen LogP contribution in [0.4, 0.5) is 0 Å². The molecular formula is C13H22ClNS. The third kappa shape index (κ3) is 5.88. The molecule has 3 heteroatoms. The summed E-state index contributed by atoms with van der Waals surface area (Å²) in [6, 6.07) is 2.64. The summed E-state index contributed by atoms with van der Waals surface area (Å²) in [5.41, 5.74) is 0. The normalized spacial score (nSPS) is 13.3. The van der Waals surface area contributed by atoms with Crippen LogP contribution in [0.1, 0.15) is 44.9 Å². The van der Waals surface area contributed by atoms with Crippen LogP contribution in [-0.4, -0.2) is 6.04 Å². The van der Waals surface area contributed by atoms with Gasteiger partial charge in [-0.05, 0) is 25.3 Å². The van der Waals surface area contributed by atoms with Gasteiger partial charge in [-0.1, -0.05) is 38.3 Å². The molecule has 0 fully saturated rings. The Kier molecular flexibility index (Phi) is 6.40. The van der Waals surface area contributed by atoms with E-state index >= 15 is 0 Å². The van der Waals surface area contributed by atoms with Crippen LogP contribution in [0.2, 0.25) is 5.02 Å². The lowest BCUT2D eigenvalue weighted by Crippen LogP contribution is -2.24. The lowest BCUT2D eigenvalue weighted by Gasteiger charge is -2.13. The summed E-state index contributed by atoms with van der Waals surface area (Å²) in [5.74, 6) is 0.823. The van der Waals surface area contributed by atoms with Crippen molar-refractivity contribution in [2.75, 3.05) is 0 Å². The maximum Gasteiger partial charge on any atom is 0.0516 e. The van der Waals surface area contributed by atoms with Gasteiger partial charge in [-0.25, -0.2) is 0 Å². The van der Waals surface area contributed by atoms with E-state index in [-0.39, 0.29) is 0 Å². The van der Waals surface area contributed by atoms with Crippen molar-refractivity contribution in [2.24, 2.45) is 5.92 Å². The second-order valence-corrected chi connectivity index (χ2v) is 6.27. The van der Waals surface area contributed by atoms with E-state index < -0.39 is 0 Å². The first kappa shape index (κ1) is 14.0. The van der Waals surface area contributed by atoms with Gasteiger partial charge in [-0.2, -0.15) is 0 Å². The first-order valence-corrected chi connectivity index (χ1v) is 7.30. The molecule has 0 amide bonds. The fourth-order valence-electron chi connectivity index (χ4n) is 1.66. The highest BCUT2D eigenvalue weighted by atomic mass is 35.5. The summed E-state index contributed by atoms with van der Waals surface area (Å²) in [4.78, 5) is 1.32. The van der Waals surface area contributed by atoms with E-state index in [0.717, 1.165) is 17.5 Å². The molecule has 0 saturated carbocycles. The SMILES string of the molecule is CC(C)CCCC(C)NCc1cc(Cl)cs1. The van der Waals surface area contributed by atoms with Crippen molar-refractivity contribution in [2.45, 2.75) is 52.6 Å². The first-order valence-electron chi connectivity index (χ1n) is 6.04. The molecule has 1 unspecified atom stereocenters. The standard InChI is InChI=1S/C13H22ClNS/c1-10(2)5-4-6-11(3)15-8-13-7-12(14)9-16-13/h7,9-11,15H,4-6,8H2,1-3H3. The minimum absolute atomic E-state index is 0.597. The van der Waals surface area contributed by atoms with Crippen LogP contribution in [-0.2, 0) is 6.54 Å². The zero-order valence-electron chi connectivity index (χ0n) is 10.4. The molecule has 0 aromatic carbocycles. The van der Waals surface area contributed by atoms with Crippen molar-refractivity contribution in [1.29, 1.82) is 0 Å². The Morgan fingerprint density at radius 2 is 2.06 bits per heavy atom. The third-order valence-electron chi connectivity index (χ3n) is 2.67. The molecule has 1 aromatic rings. The van der Waals surface area contributed by atoms with Gasteiger partial charge in [0, 0.05) is 22.8 Å². The second kappa shape index (κ2) is 7.31. The molecule has 0 spiro atoms. The highest BCUT2D eigenvalue weighted by Crippen LogP contribution is 2.19. The summed E-state index contributed by atoms with van der Waals surface area (Å²) in [7, 11) is 0. The summed E-state index contributed by atoms with van der Waals surface area (Å²) in [5, 5.41) is 6.38. The van der Waals surface area contributed by atoms with Crippen LogP contribution in [0, 0.1) is 5.92 Å². The Balaban J connectivity index is 2.12. The fourth-order valence-corrected chi connectivity index (χ4v) is 2.68. The molecule has 0 bridgehead atoms. The monoisotopic (exact) mass is 259 g/mol. The number of hydrogen-bond donors (Lipinski definition) is 1. The fraction of sp³-hybridized carbons (Fsp3) is 0.692. The Labute approximate surface area is 108 Å². The molecule has 0 saturated heterocycles. The molecule has 1 atom stereocenters. The zero-order chi connectivity index (χ0) is 12.0. The Hall–Kier alpha value is -0.0500. The number of thiophene rings is 1. The molecule has 1 aromatic heterocycles. The molecular weight excluding hydrogens is 238 g/mol. The number of nitrogens with one attached hydrogen (secondary N) is 1. The van der Waals surface area contributed by atoms with Crippen molar-refractivity contribution < 1.29 is 0 Å². The van der Waals surface area contributed by atoms with Crippen molar-refractivity contribution in [3.63, 3.8) is 0 Å². The Morgan fingerprint density at radius 3 is 2.62 bits per heavy atom. The largest absolute Gasteiger partial charge is 0.309 e. The topological polar surface area (TPSA) is 12.0 Å². The van der Waals surface area contributed by atoms with Crippen LogP contribution in [0.3, 0.4) is 0 Å². The molecule has 16 heavy (non-hydrogen) atoms. The van der Waals surface area contributed by atoms with Crippen LogP contribution < -0.4 is 5.32 Å². The minimum Gasteiger partial charge on any atom is -0.309 e. The van der Waals surface area contributed by atoms with Gasteiger partial charge < -0.3 is 5.32 Å². The maximum absolute atomic E-state index is 5.88. The Bertz CT molecular complexity index is 296. The molecule has 0 aliphatic heterocycles. The minimum atomic E-state index is 0.597. The van der Waals surface area contributed by atoms with Crippen molar-refractivity contribution >= 4 is 22.9 Å². The molecule has 0 radical (unpaired) electrons. The third-order valence-corrected chi connectivity index (χ3v) is 3.95. The van der Waals surface area contributed by atoms with E-state index in [0.29, 0.717) is 6.04 Å². The average molecular weight is 260 g/mol. The lowest BCUT2D eigenvalue weighted by atomic mass is 10.0. The van der Waals surface area contributed by atoms with E-state index in [9.17, 15) is 0 Å². The summed E-state index contributed by atoms with van der Waals surface area (Å²) in [6.45, 7) is 7.77. The number of halogens is 1. The van der Waals surface area contributed by atoms with E-state index in [2.05, 4.69) is 26.1 Å². The lowest BCUT2D eigenvalue weighted by molar-refractivity contribution is 0.458. The van der Waals surface area contributed by atoms with Crippen molar-refractivity contribution in [1.82, 2.24) is 5.32 Å². The smallest absolute Gasteiger partial charge is 0.0516 e. The summed E-state index contributed by atoms with van der Waals surface area (Å²) < 4.78 is 0. The first-order chi connectivity index (χ1) is 7.58. The molecule has 1 heterocycles.